The summed E-state index contributed by atoms with van der Waals surface area (Å²) in [5.74, 6) is 0.0912. The molecule has 1 aliphatic rings. The summed E-state index contributed by atoms with van der Waals surface area (Å²) in [4.78, 5) is 15.2. The summed E-state index contributed by atoms with van der Waals surface area (Å²) in [5, 5.41) is 8.28. The third-order valence-corrected chi connectivity index (χ3v) is 7.12. The van der Waals surface area contributed by atoms with E-state index in [9.17, 15) is 4.79 Å². The van der Waals surface area contributed by atoms with Crippen molar-refractivity contribution in [2.75, 3.05) is 23.3 Å². The Balaban J connectivity index is 1.33. The Hall–Kier alpha value is -3.41. The third-order valence-electron chi connectivity index (χ3n) is 7.12. The predicted molar refractivity (Wildman–Crippen MR) is 147 cm³/mol. The maximum atomic E-state index is 13.3. The molecule has 1 heterocycles. The normalized spacial score (nSPS) is 13.7. The Bertz CT molecular complexity index is 1340. The van der Waals surface area contributed by atoms with Crippen molar-refractivity contribution in [3.8, 4) is 0 Å². The van der Waals surface area contributed by atoms with Gasteiger partial charge in [0.05, 0.1) is 5.69 Å². The number of nitrogens with zero attached hydrogens (tertiary/aromatic N) is 1. The number of rotatable bonds is 11. The van der Waals surface area contributed by atoms with E-state index in [1.165, 1.54) is 16.3 Å². The average Bonchev–Trinajstić information content (AvgIpc) is 3.16. The summed E-state index contributed by atoms with van der Waals surface area (Å²) in [7, 11) is 0. The van der Waals surface area contributed by atoms with Crippen molar-refractivity contribution in [2.45, 2.75) is 44.7 Å². The zero-order valence-corrected chi connectivity index (χ0v) is 20.2. The van der Waals surface area contributed by atoms with Gasteiger partial charge in [-0.3, -0.25) is 4.79 Å². The van der Waals surface area contributed by atoms with E-state index in [4.69, 9.17) is 11.5 Å². The molecule has 4 aromatic rings. The SMILES string of the molecule is NCCCCC(N)CCCN1C(=O)c2cccc3c(NCc4cccc5ccccc45)ccc1c23. The number of hydrogen-bond acceptors (Lipinski definition) is 4. The smallest absolute Gasteiger partial charge is 0.258 e. The highest BCUT2D eigenvalue weighted by Crippen LogP contribution is 2.41. The van der Waals surface area contributed by atoms with Crippen molar-refractivity contribution in [3.05, 3.63) is 83.9 Å². The summed E-state index contributed by atoms with van der Waals surface area (Å²) in [6.45, 7) is 2.13. The molecule has 0 radical (unpaired) electrons. The number of amides is 1. The van der Waals surface area contributed by atoms with Crippen molar-refractivity contribution in [2.24, 2.45) is 11.5 Å². The molecule has 0 spiro atoms. The molecule has 1 unspecified atom stereocenters. The first kappa shape index (κ1) is 23.3. The van der Waals surface area contributed by atoms with E-state index in [0.717, 1.165) is 72.9 Å². The van der Waals surface area contributed by atoms with Gasteiger partial charge in [0.25, 0.3) is 5.91 Å². The number of anilines is 2. The first-order valence-electron chi connectivity index (χ1n) is 12.7. The molecule has 1 atom stereocenters. The minimum Gasteiger partial charge on any atom is -0.380 e. The number of fused-ring (bicyclic) bond motifs is 1. The molecule has 1 aliphatic heterocycles. The minimum absolute atomic E-state index is 0.0912. The topological polar surface area (TPSA) is 84.4 Å². The lowest BCUT2D eigenvalue weighted by atomic mass is 10.0. The fourth-order valence-corrected chi connectivity index (χ4v) is 5.27. The molecule has 180 valence electrons. The van der Waals surface area contributed by atoms with Gasteiger partial charge < -0.3 is 21.7 Å². The van der Waals surface area contributed by atoms with Crippen LogP contribution in [-0.2, 0) is 6.54 Å². The minimum atomic E-state index is 0.0912. The zero-order chi connectivity index (χ0) is 24.2. The van der Waals surface area contributed by atoms with Crippen LogP contribution in [0.1, 0.15) is 48.0 Å². The largest absolute Gasteiger partial charge is 0.380 e. The Labute approximate surface area is 207 Å². The van der Waals surface area contributed by atoms with Gasteiger partial charge in [-0.2, -0.15) is 0 Å². The highest BCUT2D eigenvalue weighted by Gasteiger charge is 2.30. The van der Waals surface area contributed by atoms with Crippen LogP contribution in [0.2, 0.25) is 0 Å². The fraction of sp³-hybridized carbons (Fsp3) is 0.300. The van der Waals surface area contributed by atoms with Crippen LogP contribution < -0.4 is 21.7 Å². The van der Waals surface area contributed by atoms with Crippen molar-refractivity contribution >= 4 is 38.8 Å². The van der Waals surface area contributed by atoms with Gasteiger partial charge in [0.2, 0.25) is 0 Å². The van der Waals surface area contributed by atoms with E-state index in [1.54, 1.807) is 0 Å². The van der Waals surface area contributed by atoms with Crippen molar-refractivity contribution < 1.29 is 4.79 Å². The Kier molecular flexibility index (Phi) is 6.98. The van der Waals surface area contributed by atoms with Crippen LogP contribution in [0.15, 0.2) is 72.8 Å². The second-order valence-corrected chi connectivity index (χ2v) is 9.50. The van der Waals surface area contributed by atoms with Crippen LogP contribution in [0.5, 0.6) is 0 Å². The van der Waals surface area contributed by atoms with Crippen LogP contribution in [0.3, 0.4) is 0 Å². The molecule has 5 heteroatoms. The Morgan fingerprint density at radius 1 is 0.829 bits per heavy atom. The molecule has 5 nitrogen and oxygen atoms in total. The number of unbranched alkanes of at least 4 members (excludes halogenated alkanes) is 1. The molecule has 5 N–H and O–H groups in total. The van der Waals surface area contributed by atoms with Gasteiger partial charge in [-0.05, 0) is 66.8 Å². The first-order valence-corrected chi connectivity index (χ1v) is 12.7. The quantitative estimate of drug-likeness (QED) is 0.244. The molecule has 0 aromatic heterocycles. The van der Waals surface area contributed by atoms with Gasteiger partial charge in [-0.25, -0.2) is 0 Å². The summed E-state index contributed by atoms with van der Waals surface area (Å²) in [5.41, 5.74) is 16.0. The molecule has 0 bridgehead atoms. The van der Waals surface area contributed by atoms with Crippen LogP contribution in [0.25, 0.3) is 21.5 Å². The highest BCUT2D eigenvalue weighted by atomic mass is 16.2. The molecular weight excluding hydrogens is 432 g/mol. The number of nitrogens with two attached hydrogens (primary N) is 2. The summed E-state index contributed by atoms with van der Waals surface area (Å²) < 4.78 is 0. The molecule has 0 aliphatic carbocycles. The van der Waals surface area contributed by atoms with E-state index in [1.807, 2.05) is 17.0 Å². The lowest BCUT2D eigenvalue weighted by molar-refractivity contribution is 0.0992. The van der Waals surface area contributed by atoms with Crippen LogP contribution >= 0.6 is 0 Å². The average molecular weight is 467 g/mol. The fourth-order valence-electron chi connectivity index (χ4n) is 5.27. The summed E-state index contributed by atoms with van der Waals surface area (Å²) >= 11 is 0. The van der Waals surface area contributed by atoms with E-state index < -0.39 is 0 Å². The van der Waals surface area contributed by atoms with Gasteiger partial charge in [0, 0.05) is 41.2 Å². The number of carbonyl (C=O) groups is 1. The predicted octanol–water partition coefficient (Wildman–Crippen LogP) is 5.80. The Morgan fingerprint density at radius 3 is 2.49 bits per heavy atom. The van der Waals surface area contributed by atoms with Crippen molar-refractivity contribution in [1.82, 2.24) is 0 Å². The lowest BCUT2D eigenvalue weighted by Gasteiger charge is -2.20. The van der Waals surface area contributed by atoms with E-state index in [-0.39, 0.29) is 11.9 Å². The highest BCUT2D eigenvalue weighted by molar-refractivity contribution is 6.26. The molecule has 0 saturated carbocycles. The monoisotopic (exact) mass is 466 g/mol. The third kappa shape index (κ3) is 4.75. The second kappa shape index (κ2) is 10.5. The molecule has 0 fully saturated rings. The molecule has 35 heavy (non-hydrogen) atoms. The maximum absolute atomic E-state index is 13.3. The van der Waals surface area contributed by atoms with Gasteiger partial charge in [-0.1, -0.05) is 61.0 Å². The molecular formula is C30H34N4O. The van der Waals surface area contributed by atoms with Gasteiger partial charge in [-0.15, -0.1) is 0 Å². The first-order chi connectivity index (χ1) is 17.2. The standard InChI is InChI=1S/C30H34N4O/c31-18-4-3-11-23(32)12-7-19-34-28-17-16-27(25-14-6-15-26(29(25)28)30(34)35)33-20-22-10-5-9-21-8-1-2-13-24(21)22/h1-2,5-6,8-10,13-17,23,33H,3-4,7,11-12,18-20,31-32H2. The van der Waals surface area contributed by atoms with E-state index in [2.05, 4.69) is 66.0 Å². The second-order valence-electron chi connectivity index (χ2n) is 9.50. The lowest BCUT2D eigenvalue weighted by Crippen LogP contribution is -2.29. The van der Waals surface area contributed by atoms with Gasteiger partial charge >= 0.3 is 0 Å². The number of hydrogen-bond donors (Lipinski definition) is 3. The van der Waals surface area contributed by atoms with Crippen LogP contribution in [0, 0.1) is 0 Å². The maximum Gasteiger partial charge on any atom is 0.258 e. The Morgan fingerprint density at radius 2 is 1.60 bits per heavy atom. The van der Waals surface area contributed by atoms with Crippen molar-refractivity contribution in [1.29, 1.82) is 0 Å². The van der Waals surface area contributed by atoms with E-state index >= 15 is 0 Å². The van der Waals surface area contributed by atoms with Crippen LogP contribution in [-0.4, -0.2) is 25.0 Å². The molecule has 1 amide bonds. The molecule has 4 aromatic carbocycles. The number of benzene rings is 4. The number of carbonyl (C=O) groups excluding carboxylic acids is 1. The molecule has 0 saturated heterocycles. The zero-order valence-electron chi connectivity index (χ0n) is 20.2. The summed E-state index contributed by atoms with van der Waals surface area (Å²) in [6, 6.07) is 25.3. The van der Waals surface area contributed by atoms with Gasteiger partial charge in [0.15, 0.2) is 0 Å². The van der Waals surface area contributed by atoms with Gasteiger partial charge in [0.1, 0.15) is 0 Å². The van der Waals surface area contributed by atoms with Crippen molar-refractivity contribution in [3.63, 3.8) is 0 Å². The summed E-state index contributed by atoms with van der Waals surface area (Å²) in [6.07, 6.45) is 4.89. The van der Waals surface area contributed by atoms with Crippen LogP contribution in [0.4, 0.5) is 11.4 Å². The van der Waals surface area contributed by atoms with E-state index in [0.29, 0.717) is 6.54 Å². The number of nitrogens with one attached hydrogen (secondary N) is 1. The molecule has 5 rings (SSSR count).